The number of nitrogens with one attached hydrogen (secondary N) is 1. The normalized spacial score (nSPS) is 29.2. The van der Waals surface area contributed by atoms with E-state index in [-0.39, 0.29) is 12.0 Å². The molecule has 1 saturated carbocycles. The summed E-state index contributed by atoms with van der Waals surface area (Å²) in [6.07, 6.45) is 5.61. The molecule has 0 spiro atoms. The second kappa shape index (κ2) is 7.78. The fourth-order valence-electron chi connectivity index (χ4n) is 3.12. The summed E-state index contributed by atoms with van der Waals surface area (Å²) < 4.78 is 5.15. The third-order valence-electron chi connectivity index (χ3n) is 4.31. The van der Waals surface area contributed by atoms with Crippen molar-refractivity contribution in [2.24, 2.45) is 11.8 Å². The summed E-state index contributed by atoms with van der Waals surface area (Å²) in [5.41, 5.74) is 0. The van der Waals surface area contributed by atoms with Crippen molar-refractivity contribution in [3.8, 4) is 0 Å². The van der Waals surface area contributed by atoms with Crippen LogP contribution in [0.4, 0.5) is 0 Å². The maximum Gasteiger partial charge on any atom is 0.323 e. The first kappa shape index (κ1) is 15.5. The first-order chi connectivity index (χ1) is 8.63. The molecule has 1 N–H and O–H groups in total. The monoisotopic (exact) mass is 255 g/mol. The Balaban J connectivity index is 2.53. The smallest absolute Gasteiger partial charge is 0.323 e. The molecule has 0 aliphatic heterocycles. The van der Waals surface area contributed by atoms with Crippen LogP contribution in [0.1, 0.15) is 59.8 Å². The Morgan fingerprint density at radius 1 is 1.33 bits per heavy atom. The van der Waals surface area contributed by atoms with Crippen molar-refractivity contribution in [2.45, 2.75) is 71.9 Å². The lowest BCUT2D eigenvalue weighted by atomic mass is 9.93. The number of hydrogen-bond acceptors (Lipinski definition) is 3. The summed E-state index contributed by atoms with van der Waals surface area (Å²) in [4.78, 5) is 11.9. The summed E-state index contributed by atoms with van der Waals surface area (Å²) >= 11 is 0. The average Bonchev–Trinajstić information content (AvgIpc) is 2.70. The Morgan fingerprint density at radius 3 is 2.56 bits per heavy atom. The summed E-state index contributed by atoms with van der Waals surface area (Å²) in [5.74, 6) is 1.40. The van der Waals surface area contributed by atoms with Crippen LogP contribution in [0.15, 0.2) is 0 Å². The molecule has 0 aromatic heterocycles. The average molecular weight is 255 g/mol. The van der Waals surface area contributed by atoms with Gasteiger partial charge in [0.2, 0.25) is 0 Å². The third kappa shape index (κ3) is 3.98. The third-order valence-corrected chi connectivity index (χ3v) is 4.31. The molecule has 0 heterocycles. The molecule has 0 radical (unpaired) electrons. The molecule has 3 heteroatoms. The molecule has 106 valence electrons. The van der Waals surface area contributed by atoms with E-state index in [0.717, 1.165) is 18.8 Å². The summed E-state index contributed by atoms with van der Waals surface area (Å²) in [7, 11) is 0. The van der Waals surface area contributed by atoms with Crippen LogP contribution < -0.4 is 5.32 Å². The second-order valence-electron chi connectivity index (χ2n) is 5.47. The van der Waals surface area contributed by atoms with E-state index in [2.05, 4.69) is 26.1 Å². The van der Waals surface area contributed by atoms with Gasteiger partial charge in [0.15, 0.2) is 0 Å². The first-order valence-electron chi connectivity index (χ1n) is 7.56. The van der Waals surface area contributed by atoms with Gasteiger partial charge in [-0.25, -0.2) is 0 Å². The van der Waals surface area contributed by atoms with Gasteiger partial charge in [-0.15, -0.1) is 0 Å². The molecular formula is C15H29NO2. The Kier molecular flexibility index (Phi) is 6.69. The van der Waals surface area contributed by atoms with Gasteiger partial charge < -0.3 is 10.1 Å². The van der Waals surface area contributed by atoms with E-state index in [4.69, 9.17) is 4.74 Å². The van der Waals surface area contributed by atoms with E-state index < -0.39 is 0 Å². The first-order valence-corrected chi connectivity index (χ1v) is 7.56. The van der Waals surface area contributed by atoms with Crippen molar-refractivity contribution >= 4 is 5.97 Å². The van der Waals surface area contributed by atoms with E-state index in [1.807, 2.05) is 6.92 Å². The van der Waals surface area contributed by atoms with Gasteiger partial charge >= 0.3 is 5.97 Å². The molecule has 1 aliphatic rings. The largest absolute Gasteiger partial charge is 0.465 e. The van der Waals surface area contributed by atoms with E-state index in [9.17, 15) is 4.79 Å². The molecule has 0 bridgehead atoms. The minimum Gasteiger partial charge on any atom is -0.465 e. The van der Waals surface area contributed by atoms with Gasteiger partial charge in [-0.1, -0.05) is 33.6 Å². The number of hydrogen-bond donors (Lipinski definition) is 1. The summed E-state index contributed by atoms with van der Waals surface area (Å²) in [6, 6.07) is 0.369. The zero-order valence-electron chi connectivity index (χ0n) is 12.4. The van der Waals surface area contributed by atoms with Crippen LogP contribution in [0.2, 0.25) is 0 Å². The van der Waals surface area contributed by atoms with E-state index in [0.29, 0.717) is 18.6 Å². The lowest BCUT2D eigenvalue weighted by Gasteiger charge is -2.25. The lowest BCUT2D eigenvalue weighted by molar-refractivity contribution is -0.146. The molecule has 4 unspecified atom stereocenters. The van der Waals surface area contributed by atoms with Gasteiger partial charge in [0.1, 0.15) is 6.04 Å². The molecular weight excluding hydrogens is 226 g/mol. The van der Waals surface area contributed by atoms with E-state index in [1.165, 1.54) is 19.3 Å². The van der Waals surface area contributed by atoms with E-state index in [1.54, 1.807) is 0 Å². The Bertz CT molecular complexity index is 255. The molecule has 0 aromatic carbocycles. The molecule has 0 amide bonds. The van der Waals surface area contributed by atoms with Crippen molar-refractivity contribution in [2.75, 3.05) is 6.61 Å². The fourth-order valence-corrected chi connectivity index (χ4v) is 3.12. The van der Waals surface area contributed by atoms with Crippen LogP contribution in [0.25, 0.3) is 0 Å². The molecule has 1 fully saturated rings. The predicted molar refractivity (Wildman–Crippen MR) is 74.4 cm³/mol. The fraction of sp³-hybridized carbons (Fsp3) is 0.933. The maximum absolute atomic E-state index is 11.9. The number of esters is 1. The van der Waals surface area contributed by atoms with Gasteiger partial charge in [-0.05, 0) is 38.0 Å². The Morgan fingerprint density at radius 2 is 2.06 bits per heavy atom. The van der Waals surface area contributed by atoms with Gasteiger partial charge in [-0.3, -0.25) is 4.79 Å². The number of carbonyl (C=O) groups excluding carboxylic acids is 1. The molecule has 4 atom stereocenters. The second-order valence-corrected chi connectivity index (χ2v) is 5.47. The van der Waals surface area contributed by atoms with Gasteiger partial charge in [0.25, 0.3) is 0 Å². The Hall–Kier alpha value is -0.570. The highest BCUT2D eigenvalue weighted by Crippen LogP contribution is 2.34. The van der Waals surface area contributed by atoms with Gasteiger partial charge in [-0.2, -0.15) is 0 Å². The van der Waals surface area contributed by atoms with Crippen LogP contribution in [0, 0.1) is 11.8 Å². The number of ether oxygens (including phenoxy) is 1. The molecule has 1 rings (SSSR count). The van der Waals surface area contributed by atoms with Crippen molar-refractivity contribution in [3.63, 3.8) is 0 Å². The van der Waals surface area contributed by atoms with Gasteiger partial charge in [0, 0.05) is 6.04 Å². The predicted octanol–water partition coefficient (Wildman–Crippen LogP) is 3.13. The van der Waals surface area contributed by atoms with Crippen LogP contribution in [0.5, 0.6) is 0 Å². The van der Waals surface area contributed by atoms with Crippen LogP contribution in [0.3, 0.4) is 0 Å². The van der Waals surface area contributed by atoms with Crippen molar-refractivity contribution in [3.05, 3.63) is 0 Å². The SMILES string of the molecule is CCCC(NC1CCC(CC)C1C)C(=O)OCC. The highest BCUT2D eigenvalue weighted by molar-refractivity contribution is 5.75. The molecule has 1 aliphatic carbocycles. The molecule has 0 saturated heterocycles. The minimum absolute atomic E-state index is 0.0773. The topological polar surface area (TPSA) is 38.3 Å². The highest BCUT2D eigenvalue weighted by Gasteiger charge is 2.34. The highest BCUT2D eigenvalue weighted by atomic mass is 16.5. The zero-order chi connectivity index (χ0) is 13.5. The lowest BCUT2D eigenvalue weighted by Crippen LogP contribution is -2.45. The summed E-state index contributed by atoms with van der Waals surface area (Å²) in [6.45, 7) is 9.02. The van der Waals surface area contributed by atoms with E-state index >= 15 is 0 Å². The molecule has 18 heavy (non-hydrogen) atoms. The Labute approximate surface area is 112 Å². The standard InChI is InChI=1S/C15H29NO2/c1-5-8-14(15(17)18-7-3)16-13-10-9-12(6-2)11(13)4/h11-14,16H,5-10H2,1-4H3. The van der Waals surface area contributed by atoms with Crippen LogP contribution >= 0.6 is 0 Å². The molecule has 0 aromatic rings. The van der Waals surface area contributed by atoms with Crippen LogP contribution in [-0.2, 0) is 9.53 Å². The number of carbonyl (C=O) groups is 1. The van der Waals surface area contributed by atoms with Crippen LogP contribution in [-0.4, -0.2) is 24.7 Å². The maximum atomic E-state index is 11.9. The van der Waals surface area contributed by atoms with Crippen molar-refractivity contribution < 1.29 is 9.53 Å². The summed E-state index contributed by atoms with van der Waals surface area (Å²) in [5, 5.41) is 3.54. The zero-order valence-corrected chi connectivity index (χ0v) is 12.4. The van der Waals surface area contributed by atoms with Crippen molar-refractivity contribution in [1.29, 1.82) is 0 Å². The van der Waals surface area contributed by atoms with Crippen molar-refractivity contribution in [1.82, 2.24) is 5.32 Å². The molecule has 3 nitrogen and oxygen atoms in total. The van der Waals surface area contributed by atoms with Gasteiger partial charge in [0.05, 0.1) is 6.61 Å². The minimum atomic E-state index is -0.113. The quantitative estimate of drug-likeness (QED) is 0.710. The number of rotatable bonds is 7.